The van der Waals surface area contributed by atoms with Crippen molar-refractivity contribution in [3.05, 3.63) is 47.8 Å². The zero-order valence-corrected chi connectivity index (χ0v) is 21.4. The van der Waals surface area contributed by atoms with Crippen molar-refractivity contribution in [2.75, 3.05) is 6.54 Å². The Morgan fingerprint density at radius 1 is 1.16 bits per heavy atom. The highest BCUT2D eigenvalue weighted by atomic mass is 32.2. The van der Waals surface area contributed by atoms with Crippen molar-refractivity contribution >= 4 is 23.6 Å². The lowest BCUT2D eigenvalue weighted by Gasteiger charge is -2.27. The van der Waals surface area contributed by atoms with Gasteiger partial charge in [-0.15, -0.1) is 11.8 Å². The SMILES string of the molecule is Cc1cc(-c2ccc(SC3CC(C(=O)NC4(C#N)CC4)N(C(=O)C4(C)CC4)C3)c(C(F)(F)F)c2)ccn1. The molecule has 2 atom stereocenters. The molecule has 2 amide bonds. The predicted molar refractivity (Wildman–Crippen MR) is 132 cm³/mol. The number of carbonyl (C=O) groups is 2. The van der Waals surface area contributed by atoms with E-state index in [1.807, 2.05) is 6.92 Å². The van der Waals surface area contributed by atoms with Gasteiger partial charge in [0, 0.05) is 34.0 Å². The first kappa shape index (κ1) is 25.6. The van der Waals surface area contributed by atoms with Gasteiger partial charge in [-0.1, -0.05) is 13.0 Å². The van der Waals surface area contributed by atoms with Gasteiger partial charge in [0.15, 0.2) is 0 Å². The first-order valence-electron chi connectivity index (χ1n) is 12.3. The van der Waals surface area contributed by atoms with Gasteiger partial charge >= 0.3 is 6.18 Å². The number of rotatable bonds is 6. The van der Waals surface area contributed by atoms with E-state index in [0.717, 1.165) is 30.7 Å². The molecule has 10 heteroatoms. The summed E-state index contributed by atoms with van der Waals surface area (Å²) in [5.74, 6) is -0.545. The van der Waals surface area contributed by atoms with Gasteiger partial charge < -0.3 is 10.2 Å². The van der Waals surface area contributed by atoms with Crippen LogP contribution in [0.4, 0.5) is 13.2 Å². The second kappa shape index (κ2) is 9.05. The molecule has 1 N–H and O–H groups in total. The van der Waals surface area contributed by atoms with Gasteiger partial charge in [-0.2, -0.15) is 18.4 Å². The van der Waals surface area contributed by atoms with Gasteiger partial charge in [-0.05, 0) is 74.4 Å². The smallest absolute Gasteiger partial charge is 0.336 e. The topological polar surface area (TPSA) is 86.1 Å². The van der Waals surface area contributed by atoms with Crippen LogP contribution in [0.25, 0.3) is 11.1 Å². The molecule has 0 bridgehead atoms. The molecule has 194 valence electrons. The molecule has 2 aliphatic carbocycles. The molecule has 3 aliphatic rings. The van der Waals surface area contributed by atoms with Crippen LogP contribution in [0.5, 0.6) is 0 Å². The predicted octanol–water partition coefficient (Wildman–Crippen LogP) is 5.11. The second-order valence-corrected chi connectivity index (χ2v) is 11.9. The number of amides is 2. The van der Waals surface area contributed by atoms with Crippen molar-refractivity contribution in [3.8, 4) is 17.2 Å². The van der Waals surface area contributed by atoms with E-state index >= 15 is 0 Å². The zero-order chi connectivity index (χ0) is 26.6. The molecule has 2 heterocycles. The van der Waals surface area contributed by atoms with Crippen LogP contribution in [0.1, 0.15) is 50.3 Å². The molecule has 1 aromatic heterocycles. The van der Waals surface area contributed by atoms with Gasteiger partial charge in [0.1, 0.15) is 11.6 Å². The number of nitrogens with one attached hydrogen (secondary N) is 1. The van der Waals surface area contributed by atoms with E-state index in [9.17, 15) is 28.0 Å². The summed E-state index contributed by atoms with van der Waals surface area (Å²) in [5, 5.41) is 11.8. The van der Waals surface area contributed by atoms with Gasteiger partial charge in [0.25, 0.3) is 0 Å². The number of likely N-dealkylation sites (tertiary alicyclic amines) is 1. The maximum Gasteiger partial charge on any atom is 0.417 e. The first-order chi connectivity index (χ1) is 17.4. The minimum absolute atomic E-state index is 0.0637. The highest BCUT2D eigenvalue weighted by Gasteiger charge is 2.53. The number of alkyl halides is 3. The molecule has 6 nitrogen and oxygen atoms in total. The third-order valence-electron chi connectivity index (χ3n) is 7.48. The number of halogens is 3. The van der Waals surface area contributed by atoms with Crippen molar-refractivity contribution in [2.45, 2.75) is 73.9 Å². The summed E-state index contributed by atoms with van der Waals surface area (Å²) >= 11 is 1.05. The van der Waals surface area contributed by atoms with E-state index in [1.54, 1.807) is 31.3 Å². The van der Waals surface area contributed by atoms with Crippen LogP contribution in [0.15, 0.2) is 41.4 Å². The highest BCUT2D eigenvalue weighted by Crippen LogP contribution is 2.49. The van der Waals surface area contributed by atoms with Crippen molar-refractivity contribution in [1.29, 1.82) is 5.26 Å². The minimum atomic E-state index is -4.57. The Labute approximate surface area is 217 Å². The molecule has 5 rings (SSSR count). The molecule has 1 aliphatic heterocycles. The number of nitriles is 1. The van der Waals surface area contributed by atoms with Crippen LogP contribution in [0.3, 0.4) is 0 Å². The summed E-state index contributed by atoms with van der Waals surface area (Å²) < 4.78 is 42.4. The van der Waals surface area contributed by atoms with Gasteiger partial charge in [-0.25, -0.2) is 0 Å². The molecule has 0 radical (unpaired) electrons. The van der Waals surface area contributed by atoms with E-state index < -0.39 is 39.9 Å². The lowest BCUT2D eigenvalue weighted by Crippen LogP contribution is -2.50. The van der Waals surface area contributed by atoms with E-state index in [2.05, 4.69) is 16.4 Å². The van der Waals surface area contributed by atoms with Crippen LogP contribution in [-0.2, 0) is 15.8 Å². The normalized spacial score (nSPS) is 23.3. The Morgan fingerprint density at radius 3 is 2.46 bits per heavy atom. The molecule has 37 heavy (non-hydrogen) atoms. The van der Waals surface area contributed by atoms with Gasteiger partial charge in [-0.3, -0.25) is 14.6 Å². The van der Waals surface area contributed by atoms with E-state index in [0.29, 0.717) is 29.7 Å². The summed E-state index contributed by atoms with van der Waals surface area (Å²) in [5.41, 5.74) is -0.357. The molecule has 1 aromatic carbocycles. The average Bonchev–Trinajstić information content (AvgIpc) is 3.76. The Balaban J connectivity index is 1.40. The fourth-order valence-electron chi connectivity index (χ4n) is 4.75. The van der Waals surface area contributed by atoms with E-state index in [-0.39, 0.29) is 23.8 Å². The van der Waals surface area contributed by atoms with Gasteiger partial charge in [0.2, 0.25) is 11.8 Å². The number of hydrogen-bond donors (Lipinski definition) is 1. The van der Waals surface area contributed by atoms with Gasteiger partial charge in [0.05, 0.1) is 11.6 Å². The van der Waals surface area contributed by atoms with Crippen molar-refractivity contribution in [3.63, 3.8) is 0 Å². The summed E-state index contributed by atoms with van der Waals surface area (Å²) in [6.07, 6.45) is -0.210. The van der Waals surface area contributed by atoms with Crippen LogP contribution in [0, 0.1) is 23.7 Å². The quantitative estimate of drug-likeness (QED) is 0.563. The largest absolute Gasteiger partial charge is 0.417 e. The van der Waals surface area contributed by atoms with Crippen LogP contribution in [0.2, 0.25) is 0 Å². The number of hydrogen-bond acceptors (Lipinski definition) is 5. The Bertz CT molecular complexity index is 1300. The Kier molecular flexibility index (Phi) is 6.26. The lowest BCUT2D eigenvalue weighted by molar-refractivity contribution is -0.142. The number of nitrogens with zero attached hydrogens (tertiary/aromatic N) is 3. The number of pyridine rings is 1. The summed E-state index contributed by atoms with van der Waals surface area (Å²) in [4.78, 5) is 32.1. The third-order valence-corrected chi connectivity index (χ3v) is 8.76. The fraction of sp³-hybridized carbons (Fsp3) is 0.481. The summed E-state index contributed by atoms with van der Waals surface area (Å²) in [6, 6.07) is 8.99. The maximum absolute atomic E-state index is 14.1. The molecule has 3 fully saturated rings. The maximum atomic E-state index is 14.1. The molecular formula is C27H27F3N4O2S. The van der Waals surface area contributed by atoms with Crippen molar-refractivity contribution in [1.82, 2.24) is 15.2 Å². The summed E-state index contributed by atoms with van der Waals surface area (Å²) in [7, 11) is 0. The molecule has 2 unspecified atom stereocenters. The molecular weight excluding hydrogens is 501 g/mol. The second-order valence-electron chi connectivity index (χ2n) is 10.6. The zero-order valence-electron chi connectivity index (χ0n) is 20.6. The van der Waals surface area contributed by atoms with Crippen molar-refractivity contribution in [2.24, 2.45) is 5.41 Å². The van der Waals surface area contributed by atoms with Crippen LogP contribution in [-0.4, -0.2) is 45.1 Å². The fourth-order valence-corrected chi connectivity index (χ4v) is 6.07. The molecule has 1 saturated heterocycles. The Hall–Kier alpha value is -3.06. The van der Waals surface area contributed by atoms with Crippen LogP contribution >= 0.6 is 11.8 Å². The highest BCUT2D eigenvalue weighted by molar-refractivity contribution is 8.00. The molecule has 2 saturated carbocycles. The van der Waals surface area contributed by atoms with E-state index in [1.165, 1.54) is 11.0 Å². The molecule has 0 spiro atoms. The monoisotopic (exact) mass is 528 g/mol. The number of carbonyl (C=O) groups excluding carboxylic acids is 2. The van der Waals surface area contributed by atoms with E-state index in [4.69, 9.17) is 0 Å². The lowest BCUT2D eigenvalue weighted by atomic mass is 10.0. The number of aromatic nitrogens is 1. The standard InChI is InChI=1S/C27H27F3N4O2S/c1-16-11-18(5-10-32-16)17-3-4-22(20(12-17)27(28,29)30)37-19-13-21(23(35)33-26(15-31)8-9-26)34(14-19)24(36)25(2)6-7-25/h3-5,10-12,19,21H,6-9,13-14H2,1-2H3,(H,33,35). The first-order valence-corrected chi connectivity index (χ1v) is 13.2. The number of thioether (sulfide) groups is 1. The number of aryl methyl sites for hydroxylation is 1. The Morgan fingerprint density at radius 2 is 1.86 bits per heavy atom. The number of benzene rings is 1. The summed E-state index contributed by atoms with van der Waals surface area (Å²) in [6.45, 7) is 3.81. The minimum Gasteiger partial charge on any atom is -0.336 e. The average molecular weight is 529 g/mol. The van der Waals surface area contributed by atoms with Crippen molar-refractivity contribution < 1.29 is 22.8 Å². The molecule has 2 aromatic rings. The third kappa shape index (κ3) is 5.19. The van der Waals surface area contributed by atoms with Crippen LogP contribution < -0.4 is 5.32 Å².